The summed E-state index contributed by atoms with van der Waals surface area (Å²) in [5, 5.41) is 11.3. The first-order valence-corrected chi connectivity index (χ1v) is 7.70. The van der Waals surface area contributed by atoms with E-state index in [1.807, 2.05) is 6.07 Å². The molecule has 0 spiro atoms. The minimum atomic E-state index is -1.25. The normalized spacial score (nSPS) is 9.86. The van der Waals surface area contributed by atoms with Gasteiger partial charge in [0.1, 0.15) is 11.6 Å². The molecular weight excluding hydrogens is 424 g/mol. The Morgan fingerprint density at radius 1 is 1.09 bits per heavy atom. The van der Waals surface area contributed by atoms with Crippen molar-refractivity contribution in [2.75, 3.05) is 7.05 Å². The van der Waals surface area contributed by atoms with Crippen molar-refractivity contribution in [2.45, 2.75) is 6.54 Å². The van der Waals surface area contributed by atoms with Gasteiger partial charge in [-0.25, -0.2) is 13.6 Å². The van der Waals surface area contributed by atoms with Crippen LogP contribution in [0.5, 0.6) is 0 Å². The molecule has 118 valence electrons. The van der Waals surface area contributed by atoms with Crippen molar-refractivity contribution >= 4 is 37.8 Å². The van der Waals surface area contributed by atoms with Gasteiger partial charge in [-0.1, -0.05) is 37.9 Å². The fourth-order valence-electron chi connectivity index (χ4n) is 1.52. The molecule has 0 bridgehead atoms. The van der Waals surface area contributed by atoms with Gasteiger partial charge >= 0.3 is 5.97 Å². The first-order chi connectivity index (χ1) is 10.3. The molecule has 0 saturated carbocycles. The van der Waals surface area contributed by atoms with E-state index in [0.29, 0.717) is 16.6 Å². The van der Waals surface area contributed by atoms with Crippen molar-refractivity contribution in [1.29, 1.82) is 0 Å². The van der Waals surface area contributed by atoms with Crippen molar-refractivity contribution in [3.8, 4) is 0 Å². The van der Waals surface area contributed by atoms with Gasteiger partial charge in [0.25, 0.3) is 0 Å². The van der Waals surface area contributed by atoms with E-state index in [2.05, 4.69) is 37.2 Å². The van der Waals surface area contributed by atoms with Crippen LogP contribution in [0.2, 0.25) is 0 Å². The summed E-state index contributed by atoms with van der Waals surface area (Å²) in [6.07, 6.45) is 0. The van der Waals surface area contributed by atoms with Gasteiger partial charge in [0.05, 0.1) is 5.56 Å². The number of hydrogen-bond donors (Lipinski definition) is 2. The Hall–Kier alpha value is -1.31. The molecule has 2 aromatic rings. The van der Waals surface area contributed by atoms with Crippen LogP contribution in [0.4, 0.5) is 8.78 Å². The number of carboxylic acids is 1. The summed E-state index contributed by atoms with van der Waals surface area (Å²) in [5.41, 5.74) is 0.379. The molecule has 0 amide bonds. The Kier molecular flexibility index (Phi) is 7.64. The molecule has 2 aromatic carbocycles. The van der Waals surface area contributed by atoms with E-state index in [4.69, 9.17) is 5.11 Å². The average molecular weight is 437 g/mol. The molecule has 2 rings (SSSR count). The first-order valence-electron chi connectivity index (χ1n) is 6.12. The topological polar surface area (TPSA) is 49.3 Å². The lowest BCUT2D eigenvalue weighted by molar-refractivity contribution is 0.0692. The van der Waals surface area contributed by atoms with E-state index in [1.165, 1.54) is 18.2 Å². The van der Waals surface area contributed by atoms with Crippen LogP contribution >= 0.6 is 31.9 Å². The summed E-state index contributed by atoms with van der Waals surface area (Å²) in [6.45, 7) is 0.569. The quantitative estimate of drug-likeness (QED) is 0.739. The zero-order chi connectivity index (χ0) is 16.7. The fourth-order valence-corrected chi connectivity index (χ4v) is 2.18. The van der Waals surface area contributed by atoms with Crippen LogP contribution < -0.4 is 5.32 Å². The lowest BCUT2D eigenvalue weighted by Crippen LogP contribution is -2.06. The van der Waals surface area contributed by atoms with Crippen LogP contribution in [0.15, 0.2) is 45.3 Å². The molecule has 0 unspecified atom stereocenters. The van der Waals surface area contributed by atoms with Gasteiger partial charge in [0.2, 0.25) is 0 Å². The summed E-state index contributed by atoms with van der Waals surface area (Å²) in [5.74, 6) is -2.16. The summed E-state index contributed by atoms with van der Waals surface area (Å²) >= 11 is 6.20. The summed E-state index contributed by atoms with van der Waals surface area (Å²) in [4.78, 5) is 10.3. The van der Waals surface area contributed by atoms with Crippen LogP contribution in [0.1, 0.15) is 15.9 Å². The van der Waals surface area contributed by atoms with E-state index in [-0.39, 0.29) is 11.4 Å². The minimum absolute atomic E-state index is 0.172. The minimum Gasteiger partial charge on any atom is -0.478 e. The third kappa shape index (κ3) is 5.82. The van der Waals surface area contributed by atoms with Crippen molar-refractivity contribution in [2.24, 2.45) is 0 Å². The molecular formula is C15H13Br2F2NO2. The SMILES string of the molecule is CNCc1ccc(Br)cc1F.O=C(O)c1ccc(Br)cc1F. The highest BCUT2D eigenvalue weighted by atomic mass is 79.9. The zero-order valence-corrected chi connectivity index (χ0v) is 14.7. The Bertz CT molecular complexity index is 666. The predicted octanol–water partition coefficient (Wildman–Crippen LogP) is 4.59. The molecule has 0 saturated heterocycles. The van der Waals surface area contributed by atoms with Crippen LogP contribution in [-0.4, -0.2) is 18.1 Å². The Balaban J connectivity index is 0.000000220. The Morgan fingerprint density at radius 3 is 2.09 bits per heavy atom. The van der Waals surface area contributed by atoms with E-state index in [1.54, 1.807) is 13.1 Å². The number of carboxylic acid groups (broad SMARTS) is 1. The molecule has 0 radical (unpaired) electrons. The van der Waals surface area contributed by atoms with Crippen molar-refractivity contribution in [3.05, 3.63) is 68.1 Å². The first kappa shape index (κ1) is 18.7. The number of rotatable bonds is 3. The standard InChI is InChI=1S/C8H9BrFN.C7H4BrFO2/c1-11-5-6-2-3-7(9)4-8(6)10;8-4-1-2-5(7(10)11)6(9)3-4/h2-4,11H,5H2,1H3;1-3H,(H,10,11). The van der Waals surface area contributed by atoms with E-state index in [9.17, 15) is 13.6 Å². The van der Waals surface area contributed by atoms with Crippen molar-refractivity contribution in [3.63, 3.8) is 0 Å². The molecule has 0 fully saturated rings. The lowest BCUT2D eigenvalue weighted by Gasteiger charge is -2.01. The highest BCUT2D eigenvalue weighted by molar-refractivity contribution is 9.10. The Labute approximate surface area is 143 Å². The van der Waals surface area contributed by atoms with Crippen molar-refractivity contribution in [1.82, 2.24) is 5.32 Å². The number of carbonyl (C=O) groups is 1. The summed E-state index contributed by atoms with van der Waals surface area (Å²) in [6, 6.07) is 8.86. The molecule has 7 heteroatoms. The van der Waals surface area contributed by atoms with E-state index >= 15 is 0 Å². The van der Waals surface area contributed by atoms with Gasteiger partial charge in [0.15, 0.2) is 0 Å². The molecule has 0 atom stereocenters. The molecule has 3 nitrogen and oxygen atoms in total. The van der Waals surface area contributed by atoms with Gasteiger partial charge < -0.3 is 10.4 Å². The molecule has 0 aliphatic carbocycles. The predicted molar refractivity (Wildman–Crippen MR) is 87.9 cm³/mol. The van der Waals surface area contributed by atoms with Crippen LogP contribution in [0, 0.1) is 11.6 Å². The third-order valence-electron chi connectivity index (χ3n) is 2.54. The maximum atomic E-state index is 13.0. The van der Waals surface area contributed by atoms with Gasteiger partial charge in [0, 0.05) is 21.1 Å². The number of benzene rings is 2. The Morgan fingerprint density at radius 2 is 1.64 bits per heavy atom. The van der Waals surface area contributed by atoms with E-state index < -0.39 is 11.8 Å². The molecule has 0 aromatic heterocycles. The monoisotopic (exact) mass is 435 g/mol. The fraction of sp³-hybridized carbons (Fsp3) is 0.133. The van der Waals surface area contributed by atoms with Crippen LogP contribution in [0.25, 0.3) is 0 Å². The molecule has 2 N–H and O–H groups in total. The molecule has 0 aliphatic rings. The molecule has 0 aliphatic heterocycles. The second-order valence-electron chi connectivity index (χ2n) is 4.20. The largest absolute Gasteiger partial charge is 0.478 e. The van der Waals surface area contributed by atoms with E-state index in [0.717, 1.165) is 10.5 Å². The highest BCUT2D eigenvalue weighted by Gasteiger charge is 2.08. The zero-order valence-electron chi connectivity index (χ0n) is 11.5. The van der Waals surface area contributed by atoms with Gasteiger partial charge in [-0.3, -0.25) is 0 Å². The van der Waals surface area contributed by atoms with Crippen molar-refractivity contribution < 1.29 is 18.7 Å². The number of halogens is 4. The molecule has 22 heavy (non-hydrogen) atoms. The van der Waals surface area contributed by atoms with Gasteiger partial charge in [-0.2, -0.15) is 0 Å². The third-order valence-corrected chi connectivity index (χ3v) is 3.53. The maximum absolute atomic E-state index is 13.0. The smallest absolute Gasteiger partial charge is 0.338 e. The number of nitrogens with one attached hydrogen (secondary N) is 1. The van der Waals surface area contributed by atoms with Gasteiger partial charge in [-0.15, -0.1) is 0 Å². The second-order valence-corrected chi connectivity index (χ2v) is 6.03. The maximum Gasteiger partial charge on any atom is 0.338 e. The highest BCUT2D eigenvalue weighted by Crippen LogP contribution is 2.15. The van der Waals surface area contributed by atoms with Crippen LogP contribution in [-0.2, 0) is 6.54 Å². The van der Waals surface area contributed by atoms with Crippen LogP contribution in [0.3, 0.4) is 0 Å². The van der Waals surface area contributed by atoms with Gasteiger partial charge in [-0.05, 0) is 37.4 Å². The summed E-state index contributed by atoms with van der Waals surface area (Å²) < 4.78 is 27.0. The second kappa shape index (κ2) is 8.97. The lowest BCUT2D eigenvalue weighted by atomic mass is 10.2. The molecule has 0 heterocycles. The number of hydrogen-bond acceptors (Lipinski definition) is 2. The average Bonchev–Trinajstić information content (AvgIpc) is 2.42. The summed E-state index contributed by atoms with van der Waals surface area (Å²) in [7, 11) is 1.79. The number of aromatic carboxylic acids is 1.